The Hall–Kier alpha value is -1.59. The van der Waals surface area contributed by atoms with E-state index in [4.69, 9.17) is 4.99 Å². The summed E-state index contributed by atoms with van der Waals surface area (Å²) in [5, 5.41) is 7.22. The molecule has 1 aromatic rings. The zero-order chi connectivity index (χ0) is 20.6. The second kappa shape index (κ2) is 11.1. The summed E-state index contributed by atoms with van der Waals surface area (Å²) in [5.74, 6) is 1.72. The summed E-state index contributed by atoms with van der Waals surface area (Å²) in [4.78, 5) is 10.3. The molecule has 30 heavy (non-hydrogen) atoms. The minimum Gasteiger partial charge on any atom is -0.357 e. The van der Waals surface area contributed by atoms with Crippen molar-refractivity contribution in [2.45, 2.75) is 64.0 Å². The van der Waals surface area contributed by atoms with E-state index in [-0.39, 0.29) is 0 Å². The van der Waals surface area contributed by atoms with Crippen LogP contribution in [0, 0.1) is 5.92 Å². The van der Waals surface area contributed by atoms with Crippen molar-refractivity contribution in [2.24, 2.45) is 10.9 Å². The Morgan fingerprint density at radius 3 is 2.67 bits per heavy atom. The van der Waals surface area contributed by atoms with Gasteiger partial charge in [-0.25, -0.2) is 0 Å². The summed E-state index contributed by atoms with van der Waals surface area (Å²) >= 11 is 0. The first-order valence-electron chi connectivity index (χ1n) is 12.4. The maximum Gasteiger partial charge on any atom is 0.191 e. The van der Waals surface area contributed by atoms with E-state index in [2.05, 4.69) is 57.7 Å². The number of likely N-dealkylation sites (tertiary alicyclic amines) is 2. The number of aliphatic imine (C=N–C) groups is 1. The smallest absolute Gasteiger partial charge is 0.191 e. The van der Waals surface area contributed by atoms with Gasteiger partial charge in [0, 0.05) is 51.4 Å². The fourth-order valence-corrected chi connectivity index (χ4v) is 5.44. The average molecular weight is 412 g/mol. The number of guanidine groups is 1. The lowest BCUT2D eigenvalue weighted by Gasteiger charge is -2.24. The summed E-state index contributed by atoms with van der Waals surface area (Å²) < 4.78 is 0. The van der Waals surface area contributed by atoms with Crippen LogP contribution in [0.2, 0.25) is 0 Å². The molecule has 2 atom stereocenters. The lowest BCUT2D eigenvalue weighted by molar-refractivity contribution is 0.242. The molecule has 1 saturated carbocycles. The number of hydrogen-bond acceptors (Lipinski definition) is 3. The first kappa shape index (κ1) is 21.6. The molecule has 0 radical (unpaired) electrons. The summed E-state index contributed by atoms with van der Waals surface area (Å²) in [6.07, 6.45) is 9.33. The van der Waals surface area contributed by atoms with Gasteiger partial charge in [0.25, 0.3) is 0 Å². The van der Waals surface area contributed by atoms with Crippen molar-refractivity contribution >= 4 is 5.96 Å². The van der Waals surface area contributed by atoms with Gasteiger partial charge < -0.3 is 15.5 Å². The molecule has 0 spiro atoms. The molecule has 0 aromatic heterocycles. The van der Waals surface area contributed by atoms with Crippen LogP contribution in [0.3, 0.4) is 0 Å². The van der Waals surface area contributed by atoms with E-state index < -0.39 is 0 Å². The largest absolute Gasteiger partial charge is 0.357 e. The molecule has 166 valence electrons. The molecule has 2 heterocycles. The van der Waals surface area contributed by atoms with Crippen molar-refractivity contribution in [2.75, 3.05) is 45.8 Å². The molecular formula is C25H41N5. The predicted octanol–water partition coefficient (Wildman–Crippen LogP) is 3.12. The van der Waals surface area contributed by atoms with Crippen LogP contribution in [-0.4, -0.2) is 73.7 Å². The van der Waals surface area contributed by atoms with Crippen molar-refractivity contribution in [1.29, 1.82) is 0 Å². The number of nitrogens with zero attached hydrogens (tertiary/aromatic N) is 3. The van der Waals surface area contributed by atoms with Crippen LogP contribution in [-0.2, 0) is 6.42 Å². The first-order chi connectivity index (χ1) is 14.8. The highest BCUT2D eigenvalue weighted by Gasteiger charge is 2.30. The Kier molecular flexibility index (Phi) is 8.04. The van der Waals surface area contributed by atoms with Gasteiger partial charge in [-0.15, -0.1) is 0 Å². The Balaban J connectivity index is 1.20. The third-order valence-electron chi connectivity index (χ3n) is 7.18. The van der Waals surface area contributed by atoms with Gasteiger partial charge in [0.2, 0.25) is 0 Å². The third-order valence-corrected chi connectivity index (χ3v) is 7.18. The standard InChI is InChI=1S/C25H41N5/c1-2-26-25(28-23-14-17-30(20-23)24-10-6-7-11-24)27-18-22-13-16-29(19-22)15-12-21-8-4-3-5-9-21/h3-5,8-9,22-24H,2,6-7,10-20H2,1H3,(H2,26,27,28). The summed E-state index contributed by atoms with van der Waals surface area (Å²) in [5.41, 5.74) is 1.45. The lowest BCUT2D eigenvalue weighted by Crippen LogP contribution is -2.45. The Labute approximate surface area is 183 Å². The fraction of sp³-hybridized carbons (Fsp3) is 0.720. The van der Waals surface area contributed by atoms with Crippen molar-refractivity contribution in [3.05, 3.63) is 35.9 Å². The summed E-state index contributed by atoms with van der Waals surface area (Å²) in [6, 6.07) is 12.3. The molecule has 5 nitrogen and oxygen atoms in total. The number of benzene rings is 1. The zero-order valence-electron chi connectivity index (χ0n) is 18.9. The van der Waals surface area contributed by atoms with Gasteiger partial charge in [-0.3, -0.25) is 9.89 Å². The Morgan fingerprint density at radius 2 is 1.87 bits per heavy atom. The lowest BCUT2D eigenvalue weighted by atomic mass is 10.1. The number of hydrogen-bond donors (Lipinski definition) is 2. The van der Waals surface area contributed by atoms with Crippen molar-refractivity contribution in [1.82, 2.24) is 20.4 Å². The van der Waals surface area contributed by atoms with Gasteiger partial charge in [-0.2, -0.15) is 0 Å². The molecule has 5 heteroatoms. The molecule has 3 fully saturated rings. The zero-order valence-corrected chi connectivity index (χ0v) is 18.9. The highest BCUT2D eigenvalue weighted by atomic mass is 15.3. The number of nitrogens with one attached hydrogen (secondary N) is 2. The van der Waals surface area contributed by atoms with Crippen molar-refractivity contribution in [3.63, 3.8) is 0 Å². The molecule has 1 aliphatic carbocycles. The normalized spacial score (nSPS) is 26.5. The minimum atomic E-state index is 0.550. The summed E-state index contributed by atoms with van der Waals surface area (Å²) in [6.45, 7) is 10.0. The second-order valence-electron chi connectivity index (χ2n) is 9.47. The molecule has 0 amide bonds. The van der Waals surface area contributed by atoms with E-state index >= 15 is 0 Å². The molecule has 2 N–H and O–H groups in total. The van der Waals surface area contributed by atoms with E-state index in [1.54, 1.807) is 0 Å². The Bertz CT molecular complexity index is 655. The van der Waals surface area contributed by atoms with Crippen LogP contribution < -0.4 is 10.6 Å². The topological polar surface area (TPSA) is 42.9 Å². The van der Waals surface area contributed by atoms with E-state index in [9.17, 15) is 0 Å². The van der Waals surface area contributed by atoms with Crippen LogP contribution in [0.1, 0.15) is 51.0 Å². The molecular weight excluding hydrogens is 370 g/mol. The average Bonchev–Trinajstić information content (AvgIpc) is 3.53. The van der Waals surface area contributed by atoms with Gasteiger partial charge in [-0.05, 0) is 57.1 Å². The van der Waals surface area contributed by atoms with E-state index in [0.29, 0.717) is 12.0 Å². The SMILES string of the molecule is CCNC(=NCC1CCN(CCc2ccccc2)C1)NC1CCN(C2CCCC2)C1. The van der Waals surface area contributed by atoms with Gasteiger partial charge in [0.15, 0.2) is 5.96 Å². The maximum atomic E-state index is 4.98. The fourth-order valence-electron chi connectivity index (χ4n) is 5.44. The van der Waals surface area contributed by atoms with Gasteiger partial charge in [0.05, 0.1) is 0 Å². The van der Waals surface area contributed by atoms with Crippen LogP contribution in [0.15, 0.2) is 35.3 Å². The van der Waals surface area contributed by atoms with Crippen molar-refractivity contribution < 1.29 is 0 Å². The maximum absolute atomic E-state index is 4.98. The summed E-state index contributed by atoms with van der Waals surface area (Å²) in [7, 11) is 0. The molecule has 0 bridgehead atoms. The van der Waals surface area contributed by atoms with Crippen LogP contribution in [0.25, 0.3) is 0 Å². The molecule has 2 aliphatic heterocycles. The van der Waals surface area contributed by atoms with E-state index in [0.717, 1.165) is 31.5 Å². The van der Waals surface area contributed by atoms with Crippen molar-refractivity contribution in [3.8, 4) is 0 Å². The Morgan fingerprint density at radius 1 is 1.03 bits per heavy atom. The predicted molar refractivity (Wildman–Crippen MR) is 126 cm³/mol. The third kappa shape index (κ3) is 6.21. The monoisotopic (exact) mass is 411 g/mol. The highest BCUT2D eigenvalue weighted by molar-refractivity contribution is 5.80. The van der Waals surface area contributed by atoms with Crippen LogP contribution in [0.4, 0.5) is 0 Å². The molecule has 3 aliphatic rings. The molecule has 1 aromatic carbocycles. The van der Waals surface area contributed by atoms with Crippen LogP contribution >= 0.6 is 0 Å². The molecule has 2 unspecified atom stereocenters. The first-order valence-corrected chi connectivity index (χ1v) is 12.4. The van der Waals surface area contributed by atoms with Gasteiger partial charge >= 0.3 is 0 Å². The minimum absolute atomic E-state index is 0.550. The molecule has 2 saturated heterocycles. The van der Waals surface area contributed by atoms with E-state index in [1.165, 1.54) is 76.8 Å². The number of rotatable bonds is 8. The van der Waals surface area contributed by atoms with Gasteiger partial charge in [0.1, 0.15) is 0 Å². The quantitative estimate of drug-likeness (QED) is 0.510. The second-order valence-corrected chi connectivity index (χ2v) is 9.47. The molecule has 4 rings (SSSR count). The van der Waals surface area contributed by atoms with Crippen LogP contribution in [0.5, 0.6) is 0 Å². The highest BCUT2D eigenvalue weighted by Crippen LogP contribution is 2.26. The van der Waals surface area contributed by atoms with E-state index in [1.807, 2.05) is 0 Å². The van der Waals surface area contributed by atoms with Gasteiger partial charge in [-0.1, -0.05) is 43.2 Å².